The van der Waals surface area contributed by atoms with Crippen molar-refractivity contribution in [3.8, 4) is 0 Å². The summed E-state index contributed by atoms with van der Waals surface area (Å²) in [5.74, 6) is -0.343. The Balaban J connectivity index is 1.72. The van der Waals surface area contributed by atoms with Crippen LogP contribution in [0.2, 0.25) is 0 Å². The second-order valence-electron chi connectivity index (χ2n) is 7.00. The average molecular weight is 371 g/mol. The minimum Gasteiger partial charge on any atom is -0.340 e. The van der Waals surface area contributed by atoms with Crippen LogP contribution >= 0.6 is 0 Å². The summed E-state index contributed by atoms with van der Waals surface area (Å²) in [6, 6.07) is 20.4. The summed E-state index contributed by atoms with van der Waals surface area (Å²) in [5.41, 5.74) is 3.82. The lowest BCUT2D eigenvalue weighted by atomic mass is 10.1. The molecule has 28 heavy (non-hydrogen) atoms. The van der Waals surface area contributed by atoms with E-state index < -0.39 is 0 Å². The van der Waals surface area contributed by atoms with Gasteiger partial charge in [0.05, 0.1) is 0 Å². The Morgan fingerprint density at radius 2 is 1.71 bits per heavy atom. The van der Waals surface area contributed by atoms with Gasteiger partial charge in [0, 0.05) is 33.9 Å². The molecule has 0 bridgehead atoms. The Labute approximate surface area is 163 Å². The molecule has 0 aliphatic heterocycles. The monoisotopic (exact) mass is 371 g/mol. The standard InChI is InChI=1S/C25H22FNO/c1-2-3-16-27-23-7-5-4-6-21(23)22-17-19(11-14-24(22)27)25(28)15-10-18-8-12-20(26)13-9-18/h4-15,17H,2-3,16H2,1H3/b15-10+. The molecule has 0 amide bonds. The zero-order chi connectivity index (χ0) is 19.5. The van der Waals surface area contributed by atoms with E-state index in [4.69, 9.17) is 0 Å². The molecule has 0 saturated carbocycles. The number of aromatic nitrogens is 1. The summed E-state index contributed by atoms with van der Waals surface area (Å²) < 4.78 is 15.4. The number of aryl methyl sites for hydroxylation is 1. The van der Waals surface area contributed by atoms with Crippen LogP contribution in [0.25, 0.3) is 27.9 Å². The number of carbonyl (C=O) groups excluding carboxylic acids is 1. The van der Waals surface area contributed by atoms with Gasteiger partial charge < -0.3 is 4.57 Å². The molecule has 4 rings (SSSR count). The number of carbonyl (C=O) groups is 1. The largest absolute Gasteiger partial charge is 0.340 e. The SMILES string of the molecule is CCCCn1c2ccccc2c2cc(C(=O)/C=C/c3ccc(F)cc3)ccc21. The third kappa shape index (κ3) is 3.48. The Hall–Kier alpha value is -3.20. The predicted octanol–water partition coefficient (Wildman–Crippen LogP) is 6.63. The Kier molecular flexibility index (Phi) is 5.07. The quantitative estimate of drug-likeness (QED) is 0.275. The predicted molar refractivity (Wildman–Crippen MR) is 114 cm³/mol. The van der Waals surface area contributed by atoms with Gasteiger partial charge in [-0.25, -0.2) is 4.39 Å². The number of para-hydroxylation sites is 1. The van der Waals surface area contributed by atoms with Crippen molar-refractivity contribution in [2.24, 2.45) is 0 Å². The minimum atomic E-state index is -0.284. The van der Waals surface area contributed by atoms with Crippen LogP contribution in [-0.2, 0) is 6.54 Å². The summed E-state index contributed by atoms with van der Waals surface area (Å²) in [7, 11) is 0. The van der Waals surface area contributed by atoms with Gasteiger partial charge in [0.25, 0.3) is 0 Å². The minimum absolute atomic E-state index is 0.0587. The van der Waals surface area contributed by atoms with Gasteiger partial charge in [0.1, 0.15) is 5.82 Å². The molecule has 4 aromatic rings. The van der Waals surface area contributed by atoms with E-state index in [0.29, 0.717) is 5.56 Å². The van der Waals surface area contributed by atoms with E-state index in [1.165, 1.54) is 23.0 Å². The van der Waals surface area contributed by atoms with Crippen molar-refractivity contribution >= 4 is 33.7 Å². The molecule has 140 valence electrons. The number of unbranched alkanes of at least 4 members (excludes halogenated alkanes) is 1. The molecule has 0 spiro atoms. The van der Waals surface area contributed by atoms with E-state index in [0.717, 1.165) is 35.9 Å². The van der Waals surface area contributed by atoms with Crippen LogP contribution in [0.1, 0.15) is 35.7 Å². The van der Waals surface area contributed by atoms with E-state index in [-0.39, 0.29) is 11.6 Å². The van der Waals surface area contributed by atoms with E-state index in [1.54, 1.807) is 24.3 Å². The summed E-state index contributed by atoms with van der Waals surface area (Å²) in [6.07, 6.45) is 5.52. The fourth-order valence-corrected chi connectivity index (χ4v) is 3.61. The van der Waals surface area contributed by atoms with Crippen molar-refractivity contribution < 1.29 is 9.18 Å². The molecular weight excluding hydrogens is 349 g/mol. The van der Waals surface area contributed by atoms with Crippen molar-refractivity contribution in [3.63, 3.8) is 0 Å². The van der Waals surface area contributed by atoms with Crippen molar-refractivity contribution in [1.82, 2.24) is 4.57 Å². The highest BCUT2D eigenvalue weighted by Gasteiger charge is 2.12. The van der Waals surface area contributed by atoms with Gasteiger partial charge in [-0.05, 0) is 54.5 Å². The molecule has 0 atom stereocenters. The first-order valence-electron chi connectivity index (χ1n) is 9.66. The number of hydrogen-bond donors (Lipinski definition) is 0. The van der Waals surface area contributed by atoms with Crippen LogP contribution in [0.15, 0.2) is 72.8 Å². The normalized spacial score (nSPS) is 11.6. The molecule has 0 unspecified atom stereocenters. The molecular formula is C25H22FNO. The molecule has 2 nitrogen and oxygen atoms in total. The van der Waals surface area contributed by atoms with Gasteiger partial charge in [0.15, 0.2) is 5.78 Å². The number of hydrogen-bond acceptors (Lipinski definition) is 1. The molecule has 0 aliphatic carbocycles. The fraction of sp³-hybridized carbons (Fsp3) is 0.160. The zero-order valence-corrected chi connectivity index (χ0v) is 15.9. The van der Waals surface area contributed by atoms with E-state index in [2.05, 4.69) is 29.7 Å². The van der Waals surface area contributed by atoms with Crippen LogP contribution < -0.4 is 0 Å². The first kappa shape index (κ1) is 18.2. The van der Waals surface area contributed by atoms with Crippen molar-refractivity contribution in [3.05, 3.63) is 89.8 Å². The van der Waals surface area contributed by atoms with E-state index in [1.807, 2.05) is 24.3 Å². The number of fused-ring (bicyclic) bond motifs is 3. The molecule has 0 saturated heterocycles. The molecule has 0 N–H and O–H groups in total. The van der Waals surface area contributed by atoms with Crippen LogP contribution in [-0.4, -0.2) is 10.4 Å². The second-order valence-corrected chi connectivity index (χ2v) is 7.00. The van der Waals surface area contributed by atoms with Crippen LogP contribution in [0.3, 0.4) is 0 Å². The Bertz CT molecular complexity index is 1170. The van der Waals surface area contributed by atoms with E-state index >= 15 is 0 Å². The maximum atomic E-state index is 13.0. The van der Waals surface area contributed by atoms with E-state index in [9.17, 15) is 9.18 Å². The highest BCUT2D eigenvalue weighted by Crippen LogP contribution is 2.30. The second kappa shape index (κ2) is 7.81. The number of nitrogens with zero attached hydrogens (tertiary/aromatic N) is 1. The molecule has 0 radical (unpaired) electrons. The lowest BCUT2D eigenvalue weighted by Gasteiger charge is -2.06. The lowest BCUT2D eigenvalue weighted by Crippen LogP contribution is -1.98. The summed E-state index contributed by atoms with van der Waals surface area (Å²) in [4.78, 5) is 12.7. The third-order valence-corrected chi connectivity index (χ3v) is 5.09. The highest BCUT2D eigenvalue weighted by atomic mass is 19.1. The van der Waals surface area contributed by atoms with Gasteiger partial charge in [-0.15, -0.1) is 0 Å². The highest BCUT2D eigenvalue weighted by molar-refractivity contribution is 6.13. The van der Waals surface area contributed by atoms with Crippen molar-refractivity contribution in [2.75, 3.05) is 0 Å². The van der Waals surface area contributed by atoms with Gasteiger partial charge in [0.2, 0.25) is 0 Å². The number of rotatable bonds is 6. The summed E-state index contributed by atoms with van der Waals surface area (Å²) >= 11 is 0. The van der Waals surface area contributed by atoms with Crippen LogP contribution in [0.4, 0.5) is 4.39 Å². The molecule has 1 aromatic heterocycles. The molecule has 0 fully saturated rings. The smallest absolute Gasteiger partial charge is 0.185 e. The first-order valence-corrected chi connectivity index (χ1v) is 9.66. The van der Waals surface area contributed by atoms with Gasteiger partial charge >= 0.3 is 0 Å². The average Bonchev–Trinajstić information content (AvgIpc) is 3.04. The fourth-order valence-electron chi connectivity index (χ4n) is 3.61. The van der Waals surface area contributed by atoms with Crippen LogP contribution in [0.5, 0.6) is 0 Å². The Morgan fingerprint density at radius 1 is 0.964 bits per heavy atom. The third-order valence-electron chi connectivity index (χ3n) is 5.09. The molecule has 3 heteroatoms. The summed E-state index contributed by atoms with van der Waals surface area (Å²) in [6.45, 7) is 3.16. The number of halogens is 1. The van der Waals surface area contributed by atoms with Gasteiger partial charge in [-0.2, -0.15) is 0 Å². The molecule has 0 aliphatic rings. The van der Waals surface area contributed by atoms with Crippen molar-refractivity contribution in [2.45, 2.75) is 26.3 Å². The number of ketones is 1. The first-order chi connectivity index (χ1) is 13.7. The van der Waals surface area contributed by atoms with Crippen LogP contribution in [0, 0.1) is 5.82 Å². The molecule has 1 heterocycles. The molecule has 3 aromatic carbocycles. The van der Waals surface area contributed by atoms with Gasteiger partial charge in [-0.1, -0.05) is 49.8 Å². The topological polar surface area (TPSA) is 22.0 Å². The maximum Gasteiger partial charge on any atom is 0.185 e. The van der Waals surface area contributed by atoms with Gasteiger partial charge in [-0.3, -0.25) is 4.79 Å². The zero-order valence-electron chi connectivity index (χ0n) is 15.9. The van der Waals surface area contributed by atoms with Crippen molar-refractivity contribution in [1.29, 1.82) is 0 Å². The maximum absolute atomic E-state index is 13.0. The summed E-state index contributed by atoms with van der Waals surface area (Å²) in [5, 5.41) is 2.28. The lowest BCUT2D eigenvalue weighted by molar-refractivity contribution is 0.104. The number of benzene rings is 3. The number of allylic oxidation sites excluding steroid dienone is 1. The Morgan fingerprint density at radius 3 is 2.50 bits per heavy atom.